The zero-order valence-corrected chi connectivity index (χ0v) is 21.3. The van der Waals surface area contributed by atoms with Gasteiger partial charge < -0.3 is 10.6 Å². The molecule has 35 heavy (non-hydrogen) atoms. The molecule has 0 unspecified atom stereocenters. The van der Waals surface area contributed by atoms with Gasteiger partial charge in [0.2, 0.25) is 11.8 Å². The number of nitrogens with one attached hydrogen (secondary N) is 2. The fourth-order valence-corrected chi connectivity index (χ4v) is 6.91. The fraction of sp³-hybridized carbons (Fsp3) is 0.0833. The molecular formula is C24H17FN4O2S4. The van der Waals surface area contributed by atoms with Crippen LogP contribution in [0.2, 0.25) is 0 Å². The quantitative estimate of drug-likeness (QED) is 0.218. The lowest BCUT2D eigenvalue weighted by Crippen LogP contribution is -2.13. The number of nitrogens with zero attached hydrogens (tertiary/aromatic N) is 2. The molecule has 2 N–H and O–H groups in total. The fourth-order valence-electron chi connectivity index (χ4n) is 3.14. The van der Waals surface area contributed by atoms with E-state index in [-0.39, 0.29) is 29.1 Å². The van der Waals surface area contributed by atoms with Gasteiger partial charge in [-0.1, -0.05) is 35.7 Å². The van der Waals surface area contributed by atoms with Gasteiger partial charge in [-0.15, -0.1) is 22.7 Å². The predicted molar refractivity (Wildman–Crippen MR) is 144 cm³/mol. The summed E-state index contributed by atoms with van der Waals surface area (Å²) in [4.78, 5) is 33.7. The Morgan fingerprint density at radius 3 is 2.00 bits per heavy atom. The number of carbonyl (C=O) groups excluding carboxylic acids is 2. The van der Waals surface area contributed by atoms with Gasteiger partial charge in [-0.25, -0.2) is 14.4 Å². The molecule has 0 bridgehead atoms. The molecule has 3 aromatic carbocycles. The molecule has 5 aromatic rings. The summed E-state index contributed by atoms with van der Waals surface area (Å²) in [5.74, 6) is -0.201. The molecule has 11 heteroatoms. The molecule has 5 rings (SSSR count). The predicted octanol–water partition coefficient (Wildman–Crippen LogP) is 6.51. The van der Waals surface area contributed by atoms with E-state index in [1.807, 2.05) is 42.5 Å². The van der Waals surface area contributed by atoms with Crippen molar-refractivity contribution >= 4 is 89.8 Å². The Kier molecular flexibility index (Phi) is 7.28. The lowest BCUT2D eigenvalue weighted by Gasteiger charge is -2.04. The molecule has 0 atom stereocenters. The van der Waals surface area contributed by atoms with Gasteiger partial charge >= 0.3 is 0 Å². The summed E-state index contributed by atoms with van der Waals surface area (Å²) in [5.41, 5.74) is 2.99. The molecular weight excluding hydrogens is 524 g/mol. The van der Waals surface area contributed by atoms with Crippen LogP contribution in [-0.4, -0.2) is 33.3 Å². The maximum absolute atomic E-state index is 13.0. The zero-order chi connectivity index (χ0) is 24.2. The second-order valence-corrected chi connectivity index (χ2v) is 11.8. The number of carbonyl (C=O) groups is 2. The van der Waals surface area contributed by atoms with E-state index in [0.29, 0.717) is 11.4 Å². The molecule has 0 radical (unpaired) electrons. The topological polar surface area (TPSA) is 84.0 Å². The van der Waals surface area contributed by atoms with Crippen molar-refractivity contribution in [2.45, 2.75) is 8.68 Å². The Morgan fingerprint density at radius 2 is 1.31 bits per heavy atom. The Labute approximate surface area is 216 Å². The molecule has 2 heterocycles. The largest absolute Gasteiger partial charge is 0.325 e. The first kappa shape index (κ1) is 23.7. The highest BCUT2D eigenvalue weighted by Gasteiger charge is 2.11. The number of halogens is 1. The van der Waals surface area contributed by atoms with E-state index in [4.69, 9.17) is 0 Å². The van der Waals surface area contributed by atoms with E-state index < -0.39 is 0 Å². The van der Waals surface area contributed by atoms with Crippen molar-refractivity contribution in [3.63, 3.8) is 0 Å². The van der Waals surface area contributed by atoms with Gasteiger partial charge in [0, 0.05) is 11.4 Å². The first-order valence-electron chi connectivity index (χ1n) is 10.4. The summed E-state index contributed by atoms with van der Waals surface area (Å²) >= 11 is 5.78. The van der Waals surface area contributed by atoms with Crippen LogP contribution in [-0.2, 0) is 9.59 Å². The molecule has 0 saturated heterocycles. The van der Waals surface area contributed by atoms with Crippen LogP contribution >= 0.6 is 46.2 Å². The first-order valence-corrected chi connectivity index (χ1v) is 14.0. The number of rotatable bonds is 8. The van der Waals surface area contributed by atoms with E-state index >= 15 is 0 Å². The van der Waals surface area contributed by atoms with Crippen molar-refractivity contribution in [3.8, 4) is 0 Å². The minimum Gasteiger partial charge on any atom is -0.325 e. The third-order valence-corrected chi connectivity index (χ3v) is 9.05. The minimum absolute atomic E-state index is 0.106. The summed E-state index contributed by atoms with van der Waals surface area (Å²) in [6, 6.07) is 19.1. The molecule has 0 saturated carbocycles. The molecule has 0 aliphatic heterocycles. The number of thiazole rings is 2. The van der Waals surface area contributed by atoms with Crippen LogP contribution in [0.1, 0.15) is 0 Å². The molecule has 176 valence electrons. The molecule has 0 spiro atoms. The van der Waals surface area contributed by atoms with Crippen molar-refractivity contribution in [2.24, 2.45) is 0 Å². The third-order valence-electron chi connectivity index (χ3n) is 4.71. The average Bonchev–Trinajstić information content (AvgIpc) is 3.46. The smallest absolute Gasteiger partial charge is 0.234 e. The number of fused-ring (bicyclic) bond motifs is 2. The van der Waals surface area contributed by atoms with Gasteiger partial charge in [-0.05, 0) is 54.6 Å². The number of hydrogen-bond acceptors (Lipinski definition) is 8. The van der Waals surface area contributed by atoms with Crippen LogP contribution in [0.4, 0.5) is 15.8 Å². The van der Waals surface area contributed by atoms with Gasteiger partial charge in [0.25, 0.3) is 0 Å². The van der Waals surface area contributed by atoms with Crippen LogP contribution in [0, 0.1) is 5.82 Å². The van der Waals surface area contributed by atoms with E-state index in [2.05, 4.69) is 20.6 Å². The number of anilines is 2. The van der Waals surface area contributed by atoms with Gasteiger partial charge in [0.05, 0.1) is 31.9 Å². The van der Waals surface area contributed by atoms with Crippen molar-refractivity contribution in [3.05, 3.63) is 72.5 Å². The highest BCUT2D eigenvalue weighted by Crippen LogP contribution is 2.32. The monoisotopic (exact) mass is 540 g/mol. The number of thioether (sulfide) groups is 2. The highest BCUT2D eigenvalue weighted by molar-refractivity contribution is 8.02. The van der Waals surface area contributed by atoms with Crippen LogP contribution < -0.4 is 10.6 Å². The molecule has 2 amide bonds. The molecule has 6 nitrogen and oxygen atoms in total. The Balaban J connectivity index is 1.14. The highest BCUT2D eigenvalue weighted by atomic mass is 32.2. The first-order chi connectivity index (χ1) is 17.0. The van der Waals surface area contributed by atoms with Crippen molar-refractivity contribution < 1.29 is 14.0 Å². The Morgan fingerprint density at radius 1 is 0.743 bits per heavy atom. The molecule has 2 aromatic heterocycles. The maximum Gasteiger partial charge on any atom is 0.234 e. The number of aromatic nitrogens is 2. The summed E-state index contributed by atoms with van der Waals surface area (Å²) in [5, 5.41) is 5.66. The zero-order valence-electron chi connectivity index (χ0n) is 18.0. The van der Waals surface area contributed by atoms with Gasteiger partial charge in [-0.2, -0.15) is 0 Å². The molecule has 0 aliphatic carbocycles. The van der Waals surface area contributed by atoms with Crippen molar-refractivity contribution in [1.82, 2.24) is 9.97 Å². The lowest BCUT2D eigenvalue weighted by molar-refractivity contribution is -0.114. The average molecular weight is 541 g/mol. The number of para-hydroxylation sites is 1. The lowest BCUT2D eigenvalue weighted by atomic mass is 10.3. The Hall–Kier alpha value is -2.99. The van der Waals surface area contributed by atoms with E-state index in [9.17, 15) is 14.0 Å². The van der Waals surface area contributed by atoms with E-state index in [0.717, 1.165) is 29.1 Å². The minimum atomic E-state index is -0.352. The summed E-state index contributed by atoms with van der Waals surface area (Å²) in [7, 11) is 0. The third kappa shape index (κ3) is 6.17. The maximum atomic E-state index is 13.0. The summed E-state index contributed by atoms with van der Waals surface area (Å²) < 4.78 is 16.6. The van der Waals surface area contributed by atoms with Crippen LogP contribution in [0.25, 0.3) is 20.4 Å². The normalized spacial score (nSPS) is 11.1. The van der Waals surface area contributed by atoms with Crippen molar-refractivity contribution in [1.29, 1.82) is 0 Å². The number of amides is 2. The summed E-state index contributed by atoms with van der Waals surface area (Å²) in [6.45, 7) is 0. The SMILES string of the molecule is O=C(CSc1nc2ccccc2s1)Nc1ccc2nc(SCC(=O)Nc3ccc(F)cc3)sc2c1. The van der Waals surface area contributed by atoms with Gasteiger partial charge in [-0.3, -0.25) is 9.59 Å². The number of hydrogen-bond donors (Lipinski definition) is 2. The van der Waals surface area contributed by atoms with Crippen LogP contribution in [0.15, 0.2) is 75.4 Å². The summed E-state index contributed by atoms with van der Waals surface area (Å²) in [6.07, 6.45) is 0. The Bertz CT molecular complexity index is 1480. The molecule has 0 aliphatic rings. The second kappa shape index (κ2) is 10.7. The second-order valence-electron chi connectivity index (χ2n) is 7.29. The standard InChI is InChI=1S/C24H17FN4O2S4/c25-14-5-7-15(8-6-14)26-21(30)12-33-24-29-18-10-9-16(11-20(18)35-24)27-22(31)13-32-23-28-17-3-1-2-4-19(17)34-23/h1-11H,12-13H2,(H,26,30)(H,27,31). The van der Waals surface area contributed by atoms with Crippen LogP contribution in [0.3, 0.4) is 0 Å². The van der Waals surface area contributed by atoms with Crippen LogP contribution in [0.5, 0.6) is 0 Å². The van der Waals surface area contributed by atoms with E-state index in [1.54, 1.807) is 11.3 Å². The number of benzene rings is 3. The molecule has 0 fully saturated rings. The van der Waals surface area contributed by atoms with Gasteiger partial charge in [0.15, 0.2) is 8.68 Å². The van der Waals surface area contributed by atoms with E-state index in [1.165, 1.54) is 59.1 Å². The van der Waals surface area contributed by atoms with Crippen molar-refractivity contribution in [2.75, 3.05) is 22.1 Å². The van der Waals surface area contributed by atoms with Gasteiger partial charge in [0.1, 0.15) is 5.82 Å².